The summed E-state index contributed by atoms with van der Waals surface area (Å²) in [5.41, 5.74) is 2.20. The van der Waals surface area contributed by atoms with Crippen LogP contribution in [-0.2, 0) is 0 Å². The Hall–Kier alpha value is -1.41. The Kier molecular flexibility index (Phi) is 3.75. The van der Waals surface area contributed by atoms with Crippen LogP contribution in [0.4, 0.5) is 0 Å². The second kappa shape index (κ2) is 5.28. The molecule has 0 heterocycles. The Labute approximate surface area is 107 Å². The van der Waals surface area contributed by atoms with Gasteiger partial charge in [0, 0.05) is 10.8 Å². The fraction of sp³-hybridized carbons (Fsp3) is 0.200. The van der Waals surface area contributed by atoms with Crippen LogP contribution in [0.25, 0.3) is 5.57 Å². The van der Waals surface area contributed by atoms with Gasteiger partial charge in [-0.05, 0) is 29.9 Å². The summed E-state index contributed by atoms with van der Waals surface area (Å²) < 4.78 is 0. The molecule has 0 spiro atoms. The lowest BCUT2D eigenvalue weighted by Gasteiger charge is -2.20. The predicted molar refractivity (Wildman–Crippen MR) is 75.9 cm³/mol. The van der Waals surface area contributed by atoms with E-state index < -0.39 is 0 Å². The third-order valence-corrected chi connectivity index (χ3v) is 3.80. The van der Waals surface area contributed by atoms with Crippen LogP contribution in [-0.4, -0.2) is 11.4 Å². The lowest BCUT2D eigenvalue weighted by Crippen LogP contribution is -2.05. The molecule has 17 heavy (non-hydrogen) atoms. The second-order valence-electron chi connectivity index (χ2n) is 4.06. The summed E-state index contributed by atoms with van der Waals surface area (Å²) in [6.07, 6.45) is 6.87. The van der Waals surface area contributed by atoms with Gasteiger partial charge in [0.15, 0.2) is 0 Å². The number of rotatable bonds is 3. The number of hydrogen-bond acceptors (Lipinski definition) is 2. The molecule has 1 unspecified atom stereocenters. The monoisotopic (exact) mass is 244 g/mol. The molecule has 1 aliphatic rings. The Morgan fingerprint density at radius 1 is 1.35 bits per heavy atom. The van der Waals surface area contributed by atoms with Crippen molar-refractivity contribution >= 4 is 17.3 Å². The van der Waals surface area contributed by atoms with Gasteiger partial charge in [0.05, 0.1) is 0 Å². The van der Waals surface area contributed by atoms with Gasteiger partial charge in [-0.2, -0.15) is 0 Å². The minimum atomic E-state index is 0.202. The van der Waals surface area contributed by atoms with Gasteiger partial charge in [-0.3, -0.25) is 0 Å². The maximum Gasteiger partial charge on any atom is 0.125 e. The van der Waals surface area contributed by atoms with Crippen LogP contribution in [0.1, 0.15) is 12.0 Å². The highest BCUT2D eigenvalue weighted by Crippen LogP contribution is 2.34. The fourth-order valence-corrected chi connectivity index (χ4v) is 2.52. The van der Waals surface area contributed by atoms with Crippen LogP contribution in [0.3, 0.4) is 0 Å². The van der Waals surface area contributed by atoms with E-state index in [0.29, 0.717) is 5.76 Å². The zero-order chi connectivity index (χ0) is 12.3. The molecule has 1 N–H and O–H groups in total. The summed E-state index contributed by atoms with van der Waals surface area (Å²) in [5.74, 6) is 0.583. The molecule has 0 aromatic heterocycles. The molecular formula is C15H16OS. The molecule has 1 nitrogen and oxygen atoms in total. The van der Waals surface area contributed by atoms with E-state index in [1.165, 1.54) is 0 Å². The number of allylic oxidation sites excluding steroid dienone is 3. The van der Waals surface area contributed by atoms with Crippen molar-refractivity contribution in [3.05, 3.63) is 65.3 Å². The van der Waals surface area contributed by atoms with Crippen molar-refractivity contribution in [1.82, 2.24) is 0 Å². The fourth-order valence-electron chi connectivity index (χ4n) is 1.98. The summed E-state index contributed by atoms with van der Waals surface area (Å²) >= 11 is 1.58. The highest BCUT2D eigenvalue weighted by Gasteiger charge is 2.17. The molecule has 0 aliphatic heterocycles. The van der Waals surface area contributed by atoms with E-state index in [-0.39, 0.29) is 5.92 Å². The van der Waals surface area contributed by atoms with Crippen molar-refractivity contribution in [1.29, 1.82) is 0 Å². The van der Waals surface area contributed by atoms with Gasteiger partial charge in [-0.1, -0.05) is 43.0 Å². The summed E-state index contributed by atoms with van der Waals surface area (Å²) in [4.78, 5) is 0.960. The molecule has 1 aromatic rings. The van der Waals surface area contributed by atoms with Gasteiger partial charge >= 0.3 is 0 Å². The van der Waals surface area contributed by atoms with Crippen molar-refractivity contribution in [3.63, 3.8) is 0 Å². The van der Waals surface area contributed by atoms with E-state index in [1.807, 2.05) is 30.5 Å². The number of aliphatic hydroxyl groups excluding tert-OH is 1. The van der Waals surface area contributed by atoms with E-state index in [0.717, 1.165) is 22.5 Å². The standard InChI is InChI=1S/C15H16OS/c1-11(12-6-4-3-5-7-12)13-8-9-15(17-2)14(16)10-13/h3-7,9-10,13,16H,1,8H2,2H3. The van der Waals surface area contributed by atoms with Crippen molar-refractivity contribution < 1.29 is 5.11 Å². The Morgan fingerprint density at radius 3 is 2.65 bits per heavy atom. The Balaban J connectivity index is 2.17. The van der Waals surface area contributed by atoms with E-state index in [1.54, 1.807) is 11.8 Å². The first-order valence-corrected chi connectivity index (χ1v) is 6.84. The number of thioether (sulfide) groups is 1. The molecule has 1 atom stereocenters. The first-order valence-electron chi connectivity index (χ1n) is 5.62. The van der Waals surface area contributed by atoms with Crippen molar-refractivity contribution in [2.75, 3.05) is 6.26 Å². The van der Waals surface area contributed by atoms with Crippen molar-refractivity contribution in [2.45, 2.75) is 6.42 Å². The molecule has 0 saturated heterocycles. The normalized spacial score (nSPS) is 19.5. The van der Waals surface area contributed by atoms with Gasteiger partial charge in [0.1, 0.15) is 5.76 Å². The lowest BCUT2D eigenvalue weighted by molar-refractivity contribution is 0.420. The summed E-state index contributed by atoms with van der Waals surface area (Å²) in [7, 11) is 0. The SMILES string of the molecule is C=C(c1ccccc1)C1C=C(O)C(SC)=CC1. The van der Waals surface area contributed by atoms with Gasteiger partial charge in [-0.15, -0.1) is 11.8 Å². The summed E-state index contributed by atoms with van der Waals surface area (Å²) in [6.45, 7) is 4.14. The Bertz CT molecular complexity index is 471. The minimum absolute atomic E-state index is 0.202. The molecule has 0 bridgehead atoms. The van der Waals surface area contributed by atoms with Crippen LogP contribution in [0.5, 0.6) is 0 Å². The van der Waals surface area contributed by atoms with Crippen molar-refractivity contribution in [2.24, 2.45) is 5.92 Å². The maximum absolute atomic E-state index is 9.87. The number of benzene rings is 1. The van der Waals surface area contributed by atoms with E-state index in [4.69, 9.17) is 0 Å². The van der Waals surface area contributed by atoms with Crippen LogP contribution in [0.15, 0.2) is 59.7 Å². The number of hydrogen-bond donors (Lipinski definition) is 1. The molecular weight excluding hydrogens is 228 g/mol. The smallest absolute Gasteiger partial charge is 0.125 e. The van der Waals surface area contributed by atoms with E-state index in [9.17, 15) is 5.11 Å². The third kappa shape index (κ3) is 2.64. The molecule has 88 valence electrons. The second-order valence-corrected chi connectivity index (χ2v) is 4.91. The molecule has 0 radical (unpaired) electrons. The molecule has 0 fully saturated rings. The molecule has 1 aromatic carbocycles. The largest absolute Gasteiger partial charge is 0.507 e. The predicted octanol–water partition coefficient (Wildman–Crippen LogP) is 4.41. The van der Waals surface area contributed by atoms with Gasteiger partial charge in [0.25, 0.3) is 0 Å². The maximum atomic E-state index is 9.87. The zero-order valence-electron chi connectivity index (χ0n) is 9.89. The quantitative estimate of drug-likeness (QED) is 0.850. The van der Waals surface area contributed by atoms with Crippen LogP contribution >= 0.6 is 11.8 Å². The molecule has 0 saturated carbocycles. The topological polar surface area (TPSA) is 20.2 Å². The first-order chi connectivity index (χ1) is 8.22. The molecule has 2 heteroatoms. The third-order valence-electron chi connectivity index (χ3n) is 2.98. The summed E-state index contributed by atoms with van der Waals surface area (Å²) in [5, 5.41) is 9.87. The van der Waals surface area contributed by atoms with Crippen LogP contribution in [0.2, 0.25) is 0 Å². The van der Waals surface area contributed by atoms with E-state index in [2.05, 4.69) is 24.8 Å². The average molecular weight is 244 g/mol. The first kappa shape index (κ1) is 12.1. The van der Waals surface area contributed by atoms with Crippen molar-refractivity contribution in [3.8, 4) is 0 Å². The highest BCUT2D eigenvalue weighted by atomic mass is 32.2. The van der Waals surface area contributed by atoms with Gasteiger partial charge in [-0.25, -0.2) is 0 Å². The lowest BCUT2D eigenvalue weighted by atomic mass is 9.88. The van der Waals surface area contributed by atoms with Crippen LogP contribution in [0, 0.1) is 5.92 Å². The zero-order valence-corrected chi connectivity index (χ0v) is 10.7. The highest BCUT2D eigenvalue weighted by molar-refractivity contribution is 8.02. The average Bonchev–Trinajstić information content (AvgIpc) is 2.39. The van der Waals surface area contributed by atoms with Crippen LogP contribution < -0.4 is 0 Å². The molecule has 0 amide bonds. The molecule has 1 aliphatic carbocycles. The Morgan fingerprint density at radius 2 is 2.06 bits per heavy atom. The van der Waals surface area contributed by atoms with Gasteiger partial charge in [0.2, 0.25) is 0 Å². The number of aliphatic hydroxyl groups is 1. The molecule has 2 rings (SSSR count). The minimum Gasteiger partial charge on any atom is -0.507 e. The van der Waals surface area contributed by atoms with Gasteiger partial charge < -0.3 is 5.11 Å². The van der Waals surface area contributed by atoms with E-state index >= 15 is 0 Å². The summed E-state index contributed by atoms with van der Waals surface area (Å²) in [6, 6.07) is 10.1.